The van der Waals surface area contributed by atoms with Gasteiger partial charge in [0, 0.05) is 40.6 Å². The van der Waals surface area contributed by atoms with Crippen LogP contribution in [-0.2, 0) is 0 Å². The Morgan fingerprint density at radius 1 is 0.720 bits per heavy atom. The summed E-state index contributed by atoms with van der Waals surface area (Å²) < 4.78 is 0. The van der Waals surface area contributed by atoms with Gasteiger partial charge in [-0.25, -0.2) is 4.98 Å². The van der Waals surface area contributed by atoms with Crippen LogP contribution in [0.15, 0.2) is 60.7 Å². The van der Waals surface area contributed by atoms with E-state index in [9.17, 15) is 0 Å². The third kappa shape index (κ3) is 2.76. The van der Waals surface area contributed by atoms with Gasteiger partial charge in [0.05, 0.1) is 16.7 Å². The number of anilines is 5. The largest absolute Gasteiger partial charge is 0.399 e. The van der Waals surface area contributed by atoms with E-state index in [1.807, 2.05) is 67.7 Å². The monoisotopic (exact) mass is 329 g/mol. The summed E-state index contributed by atoms with van der Waals surface area (Å²) in [5, 5.41) is 8.69. The predicted octanol–water partition coefficient (Wildman–Crippen LogP) is 4.34. The van der Waals surface area contributed by atoms with E-state index in [0.717, 1.165) is 38.9 Å². The second kappa shape index (κ2) is 5.87. The lowest BCUT2D eigenvalue weighted by Gasteiger charge is -2.14. The van der Waals surface area contributed by atoms with Gasteiger partial charge in [0.1, 0.15) is 0 Å². The number of aromatic nitrogens is 1. The van der Waals surface area contributed by atoms with Crippen molar-refractivity contribution < 1.29 is 0 Å². The van der Waals surface area contributed by atoms with Crippen molar-refractivity contribution in [1.29, 1.82) is 0 Å². The molecular formula is C20H19N5. The van der Waals surface area contributed by atoms with Gasteiger partial charge in [0.2, 0.25) is 0 Å². The quantitative estimate of drug-likeness (QED) is 0.332. The van der Waals surface area contributed by atoms with E-state index in [-0.39, 0.29) is 0 Å². The molecule has 5 nitrogen and oxygen atoms in total. The molecule has 0 saturated heterocycles. The van der Waals surface area contributed by atoms with Gasteiger partial charge in [-0.1, -0.05) is 0 Å². The van der Waals surface area contributed by atoms with Crippen molar-refractivity contribution in [2.24, 2.45) is 0 Å². The normalized spacial score (nSPS) is 10.9. The van der Waals surface area contributed by atoms with E-state index in [1.54, 1.807) is 0 Å². The molecule has 1 heterocycles. The summed E-state index contributed by atoms with van der Waals surface area (Å²) >= 11 is 0. The highest BCUT2D eigenvalue weighted by Gasteiger charge is 2.10. The molecule has 3 aromatic carbocycles. The number of nitrogens with zero attached hydrogens (tertiary/aromatic N) is 1. The van der Waals surface area contributed by atoms with Crippen LogP contribution in [0, 0.1) is 0 Å². The lowest BCUT2D eigenvalue weighted by Crippen LogP contribution is -1.97. The van der Waals surface area contributed by atoms with E-state index >= 15 is 0 Å². The lowest BCUT2D eigenvalue weighted by atomic mass is 10.1. The molecule has 0 saturated carbocycles. The van der Waals surface area contributed by atoms with Crippen LogP contribution in [0.5, 0.6) is 0 Å². The number of hydrogen-bond acceptors (Lipinski definition) is 5. The molecule has 0 radical (unpaired) electrons. The van der Waals surface area contributed by atoms with Gasteiger partial charge in [-0.05, 0) is 60.7 Å². The fourth-order valence-electron chi connectivity index (χ4n) is 2.98. The second-order valence-electron chi connectivity index (χ2n) is 5.99. The Hall–Kier alpha value is -3.47. The fourth-order valence-corrected chi connectivity index (χ4v) is 2.98. The number of pyridine rings is 1. The molecule has 1 aromatic heterocycles. The van der Waals surface area contributed by atoms with Gasteiger partial charge in [0.15, 0.2) is 0 Å². The molecule has 6 N–H and O–H groups in total. The van der Waals surface area contributed by atoms with Gasteiger partial charge in [-0.3, -0.25) is 0 Å². The van der Waals surface area contributed by atoms with Crippen LogP contribution in [0.25, 0.3) is 21.8 Å². The summed E-state index contributed by atoms with van der Waals surface area (Å²) in [5.41, 5.74) is 18.0. The molecule has 124 valence electrons. The summed E-state index contributed by atoms with van der Waals surface area (Å²) in [7, 11) is 1.90. The SMILES string of the molecule is CNc1ccc(Nc2c3ccc(N)cc3nc3cc(N)ccc23)cc1. The summed E-state index contributed by atoms with van der Waals surface area (Å²) in [6.45, 7) is 0. The van der Waals surface area contributed by atoms with Crippen LogP contribution in [0.4, 0.5) is 28.4 Å². The van der Waals surface area contributed by atoms with Crippen molar-refractivity contribution in [2.75, 3.05) is 29.1 Å². The van der Waals surface area contributed by atoms with Crippen LogP contribution in [0.2, 0.25) is 0 Å². The molecule has 0 aliphatic rings. The number of hydrogen-bond donors (Lipinski definition) is 4. The molecule has 0 spiro atoms. The molecule has 0 atom stereocenters. The predicted molar refractivity (Wildman–Crippen MR) is 107 cm³/mol. The average molecular weight is 329 g/mol. The number of nitrogen functional groups attached to an aromatic ring is 2. The maximum atomic E-state index is 5.94. The maximum absolute atomic E-state index is 5.94. The maximum Gasteiger partial charge on any atom is 0.0751 e. The molecule has 5 heteroatoms. The van der Waals surface area contributed by atoms with Crippen molar-refractivity contribution in [1.82, 2.24) is 4.98 Å². The Morgan fingerprint density at radius 2 is 1.24 bits per heavy atom. The van der Waals surface area contributed by atoms with Crippen molar-refractivity contribution >= 4 is 50.2 Å². The first kappa shape index (κ1) is 15.1. The van der Waals surface area contributed by atoms with Gasteiger partial charge >= 0.3 is 0 Å². The Bertz CT molecular complexity index is 1010. The summed E-state index contributed by atoms with van der Waals surface area (Å²) in [5.74, 6) is 0. The Kier molecular flexibility index (Phi) is 3.54. The Morgan fingerprint density at radius 3 is 1.76 bits per heavy atom. The van der Waals surface area contributed by atoms with E-state index in [1.165, 1.54) is 0 Å². The van der Waals surface area contributed by atoms with Gasteiger partial charge in [-0.2, -0.15) is 0 Å². The van der Waals surface area contributed by atoms with Crippen LogP contribution in [-0.4, -0.2) is 12.0 Å². The molecule has 0 amide bonds. The zero-order valence-corrected chi connectivity index (χ0v) is 13.9. The third-order valence-corrected chi connectivity index (χ3v) is 4.27. The number of nitrogens with two attached hydrogens (primary N) is 2. The number of nitrogens with one attached hydrogen (secondary N) is 2. The summed E-state index contributed by atoms with van der Waals surface area (Å²) in [6, 6.07) is 19.7. The van der Waals surface area contributed by atoms with Crippen molar-refractivity contribution in [3.63, 3.8) is 0 Å². The standard InChI is InChI=1S/C20H19N5/c1-23-14-4-6-15(7-5-14)24-20-16-8-2-12(21)10-18(16)25-19-11-13(22)3-9-17(19)20/h2-11,23H,21-22H2,1H3,(H,24,25). The smallest absolute Gasteiger partial charge is 0.0751 e. The minimum absolute atomic E-state index is 0.688. The molecule has 4 aromatic rings. The molecule has 0 aliphatic heterocycles. The van der Waals surface area contributed by atoms with E-state index in [4.69, 9.17) is 16.5 Å². The van der Waals surface area contributed by atoms with E-state index < -0.39 is 0 Å². The Labute approximate surface area is 145 Å². The van der Waals surface area contributed by atoms with Crippen LogP contribution < -0.4 is 22.1 Å². The molecule has 4 rings (SSSR count). The van der Waals surface area contributed by atoms with Crippen molar-refractivity contribution in [3.05, 3.63) is 60.7 Å². The van der Waals surface area contributed by atoms with Crippen LogP contribution in [0.1, 0.15) is 0 Å². The summed E-state index contributed by atoms with van der Waals surface area (Å²) in [4.78, 5) is 4.72. The first-order valence-electron chi connectivity index (χ1n) is 8.07. The third-order valence-electron chi connectivity index (χ3n) is 4.27. The molecule has 0 fully saturated rings. The first-order valence-corrected chi connectivity index (χ1v) is 8.07. The molecule has 0 aliphatic carbocycles. The zero-order valence-electron chi connectivity index (χ0n) is 13.9. The zero-order chi connectivity index (χ0) is 17.4. The number of rotatable bonds is 3. The van der Waals surface area contributed by atoms with Crippen molar-refractivity contribution in [2.45, 2.75) is 0 Å². The Balaban J connectivity index is 1.94. The molecular weight excluding hydrogens is 310 g/mol. The van der Waals surface area contributed by atoms with Gasteiger partial charge < -0.3 is 22.1 Å². The van der Waals surface area contributed by atoms with Crippen LogP contribution >= 0.6 is 0 Å². The van der Waals surface area contributed by atoms with Crippen LogP contribution in [0.3, 0.4) is 0 Å². The second-order valence-corrected chi connectivity index (χ2v) is 5.99. The number of benzene rings is 3. The van der Waals surface area contributed by atoms with Gasteiger partial charge in [0.25, 0.3) is 0 Å². The molecule has 0 unspecified atom stereocenters. The minimum atomic E-state index is 0.688. The van der Waals surface area contributed by atoms with Crippen molar-refractivity contribution in [3.8, 4) is 0 Å². The summed E-state index contributed by atoms with van der Waals surface area (Å²) in [6.07, 6.45) is 0. The lowest BCUT2D eigenvalue weighted by molar-refractivity contribution is 1.48. The van der Waals surface area contributed by atoms with Gasteiger partial charge in [-0.15, -0.1) is 0 Å². The topological polar surface area (TPSA) is 89.0 Å². The highest BCUT2D eigenvalue weighted by Crippen LogP contribution is 2.34. The fraction of sp³-hybridized carbons (Fsp3) is 0.0500. The first-order chi connectivity index (χ1) is 12.1. The number of fused-ring (bicyclic) bond motifs is 2. The van der Waals surface area contributed by atoms with E-state index in [0.29, 0.717) is 11.4 Å². The minimum Gasteiger partial charge on any atom is -0.399 e. The molecule has 25 heavy (non-hydrogen) atoms. The highest BCUT2D eigenvalue weighted by atomic mass is 14.9. The highest BCUT2D eigenvalue weighted by molar-refractivity contribution is 6.09. The molecule has 0 bridgehead atoms. The van der Waals surface area contributed by atoms with E-state index in [2.05, 4.69) is 10.6 Å². The average Bonchev–Trinajstić information content (AvgIpc) is 2.61.